The molecule has 0 amide bonds. The second kappa shape index (κ2) is 6.12. The van der Waals surface area contributed by atoms with E-state index < -0.39 is 0 Å². The molecule has 0 saturated heterocycles. The Morgan fingerprint density at radius 2 is 2.10 bits per heavy atom. The minimum atomic E-state index is -0.0761. The van der Waals surface area contributed by atoms with Gasteiger partial charge >= 0.3 is 0 Å². The average molecular weight is 294 g/mol. The van der Waals surface area contributed by atoms with Gasteiger partial charge in [0.15, 0.2) is 0 Å². The first-order valence-corrected chi connectivity index (χ1v) is 8.92. The van der Waals surface area contributed by atoms with Crippen molar-refractivity contribution in [2.45, 2.75) is 69.9 Å². The molecule has 1 aromatic heterocycles. The number of aromatic nitrogens is 1. The number of hydrogen-bond donors (Lipinski definition) is 1. The molecule has 2 aliphatic carbocycles. The van der Waals surface area contributed by atoms with Gasteiger partial charge in [-0.2, -0.15) is 0 Å². The van der Waals surface area contributed by atoms with Crippen molar-refractivity contribution in [3.8, 4) is 0 Å². The Labute approximate surface area is 126 Å². The number of ether oxygens (including phenoxy) is 1. The number of nitrogens with zero attached hydrogens (tertiary/aromatic N) is 1. The van der Waals surface area contributed by atoms with Crippen LogP contribution < -0.4 is 5.32 Å². The molecule has 4 heteroatoms. The van der Waals surface area contributed by atoms with Crippen LogP contribution in [0.1, 0.15) is 73.5 Å². The Balaban J connectivity index is 1.94. The maximum atomic E-state index is 6.23. The fourth-order valence-corrected chi connectivity index (χ4v) is 5.08. The topological polar surface area (TPSA) is 34.1 Å². The maximum Gasteiger partial charge on any atom is 0.125 e. The largest absolute Gasteiger partial charge is 0.368 e. The van der Waals surface area contributed by atoms with Crippen molar-refractivity contribution in [2.24, 2.45) is 0 Å². The molecule has 112 valence electrons. The average Bonchev–Trinajstić information content (AvgIpc) is 2.93. The lowest BCUT2D eigenvalue weighted by Crippen LogP contribution is -2.32. The first-order chi connectivity index (χ1) is 9.79. The maximum absolute atomic E-state index is 6.23. The number of hydrogen-bond acceptors (Lipinski definition) is 4. The fraction of sp³-hybridized carbons (Fsp3) is 0.812. The van der Waals surface area contributed by atoms with Gasteiger partial charge < -0.3 is 10.1 Å². The van der Waals surface area contributed by atoms with E-state index in [1.54, 1.807) is 0 Å². The molecule has 0 bridgehead atoms. The summed E-state index contributed by atoms with van der Waals surface area (Å²) >= 11 is 1.92. The lowest BCUT2D eigenvalue weighted by molar-refractivity contribution is -0.0705. The summed E-state index contributed by atoms with van der Waals surface area (Å²) in [4.78, 5) is 6.54. The van der Waals surface area contributed by atoms with E-state index in [9.17, 15) is 0 Å². The van der Waals surface area contributed by atoms with E-state index >= 15 is 0 Å². The number of aryl methyl sites for hydroxylation is 1. The Morgan fingerprint density at radius 3 is 2.80 bits per heavy atom. The van der Waals surface area contributed by atoms with E-state index in [1.807, 2.05) is 11.3 Å². The highest BCUT2D eigenvalue weighted by molar-refractivity contribution is 7.11. The Hall–Kier alpha value is -0.450. The summed E-state index contributed by atoms with van der Waals surface area (Å²) in [5, 5.41) is 4.68. The summed E-state index contributed by atoms with van der Waals surface area (Å²) in [6.45, 7) is 2.90. The van der Waals surface area contributed by atoms with E-state index in [1.165, 1.54) is 54.1 Å². The first kappa shape index (κ1) is 14.5. The van der Waals surface area contributed by atoms with E-state index in [0.717, 1.165) is 19.4 Å². The zero-order valence-electron chi connectivity index (χ0n) is 12.7. The monoisotopic (exact) mass is 294 g/mol. The van der Waals surface area contributed by atoms with Crippen molar-refractivity contribution >= 4 is 11.3 Å². The molecule has 1 N–H and O–H groups in total. The highest BCUT2D eigenvalue weighted by atomic mass is 32.1. The SMILES string of the molecule is CCOC1(c2nc3c(s2)CCCC3NC)CCCCC1. The summed E-state index contributed by atoms with van der Waals surface area (Å²) in [6, 6.07) is 0.450. The quantitative estimate of drug-likeness (QED) is 0.913. The zero-order valence-corrected chi connectivity index (χ0v) is 13.5. The van der Waals surface area contributed by atoms with Gasteiger partial charge in [-0.25, -0.2) is 4.98 Å². The highest BCUT2D eigenvalue weighted by Crippen LogP contribution is 2.45. The van der Waals surface area contributed by atoms with Crippen LogP contribution in [0.3, 0.4) is 0 Å². The minimum absolute atomic E-state index is 0.0761. The van der Waals surface area contributed by atoms with Crippen LogP contribution in [0.15, 0.2) is 0 Å². The van der Waals surface area contributed by atoms with Gasteiger partial charge in [0.25, 0.3) is 0 Å². The van der Waals surface area contributed by atoms with Crippen molar-refractivity contribution in [1.29, 1.82) is 0 Å². The molecule has 0 radical (unpaired) electrons. The van der Waals surface area contributed by atoms with Crippen molar-refractivity contribution in [2.75, 3.05) is 13.7 Å². The molecule has 0 aliphatic heterocycles. The molecule has 1 atom stereocenters. The molecule has 3 rings (SSSR count). The summed E-state index contributed by atoms with van der Waals surface area (Å²) in [7, 11) is 2.05. The van der Waals surface area contributed by atoms with Gasteiger partial charge in [0, 0.05) is 11.5 Å². The molecule has 1 heterocycles. The Morgan fingerprint density at radius 1 is 1.30 bits per heavy atom. The van der Waals surface area contributed by atoms with Crippen LogP contribution in [0.5, 0.6) is 0 Å². The molecular weight excluding hydrogens is 268 g/mol. The van der Waals surface area contributed by atoms with Crippen LogP contribution in [0.2, 0.25) is 0 Å². The van der Waals surface area contributed by atoms with Crippen LogP contribution in [0.25, 0.3) is 0 Å². The van der Waals surface area contributed by atoms with Crippen LogP contribution in [-0.2, 0) is 16.8 Å². The van der Waals surface area contributed by atoms with Crippen LogP contribution in [0, 0.1) is 0 Å². The number of thiazole rings is 1. The van der Waals surface area contributed by atoms with Crippen molar-refractivity contribution < 1.29 is 4.74 Å². The minimum Gasteiger partial charge on any atom is -0.368 e. The standard InChI is InChI=1S/C16H26N2OS/c1-3-19-16(10-5-4-6-11-16)15-18-14-12(17-2)8-7-9-13(14)20-15/h12,17H,3-11H2,1-2H3. The van der Waals surface area contributed by atoms with Crippen LogP contribution in [0.4, 0.5) is 0 Å². The van der Waals surface area contributed by atoms with E-state index in [-0.39, 0.29) is 5.60 Å². The van der Waals surface area contributed by atoms with E-state index in [0.29, 0.717) is 6.04 Å². The van der Waals surface area contributed by atoms with Gasteiger partial charge in [-0.05, 0) is 46.1 Å². The fourth-order valence-electron chi connectivity index (χ4n) is 3.71. The van der Waals surface area contributed by atoms with Gasteiger partial charge in [0.2, 0.25) is 0 Å². The molecule has 0 spiro atoms. The smallest absolute Gasteiger partial charge is 0.125 e. The van der Waals surface area contributed by atoms with E-state index in [2.05, 4.69) is 19.3 Å². The Bertz CT molecular complexity index is 446. The third-order valence-electron chi connectivity index (χ3n) is 4.77. The lowest BCUT2D eigenvalue weighted by Gasteiger charge is -2.35. The normalized spacial score (nSPS) is 25.4. The predicted octanol–water partition coefficient (Wildman–Crippen LogP) is 3.94. The van der Waals surface area contributed by atoms with Crippen molar-refractivity contribution in [3.05, 3.63) is 15.6 Å². The van der Waals surface area contributed by atoms with Crippen molar-refractivity contribution in [3.63, 3.8) is 0 Å². The number of nitrogens with one attached hydrogen (secondary N) is 1. The second-order valence-electron chi connectivity index (χ2n) is 6.05. The molecule has 1 saturated carbocycles. The summed E-state index contributed by atoms with van der Waals surface area (Å²) in [5.74, 6) is 0. The van der Waals surface area contributed by atoms with Gasteiger partial charge in [0.05, 0.1) is 11.7 Å². The molecule has 1 aromatic rings. The number of rotatable bonds is 4. The van der Waals surface area contributed by atoms with Crippen molar-refractivity contribution in [1.82, 2.24) is 10.3 Å². The summed E-state index contributed by atoms with van der Waals surface area (Å²) in [6.07, 6.45) is 9.90. The third-order valence-corrected chi connectivity index (χ3v) is 6.09. The van der Waals surface area contributed by atoms with Crippen LogP contribution in [-0.4, -0.2) is 18.6 Å². The van der Waals surface area contributed by atoms with Gasteiger partial charge in [-0.1, -0.05) is 19.3 Å². The summed E-state index contributed by atoms with van der Waals surface area (Å²) < 4.78 is 6.23. The molecule has 0 aromatic carbocycles. The molecule has 2 aliphatic rings. The van der Waals surface area contributed by atoms with Gasteiger partial charge in [-0.3, -0.25) is 0 Å². The summed E-state index contributed by atoms with van der Waals surface area (Å²) in [5.41, 5.74) is 1.23. The first-order valence-electron chi connectivity index (χ1n) is 8.10. The second-order valence-corrected chi connectivity index (χ2v) is 7.13. The third kappa shape index (κ3) is 2.53. The van der Waals surface area contributed by atoms with Crippen LogP contribution >= 0.6 is 11.3 Å². The van der Waals surface area contributed by atoms with Gasteiger partial charge in [-0.15, -0.1) is 11.3 Å². The molecular formula is C16H26N2OS. The lowest BCUT2D eigenvalue weighted by atomic mass is 9.85. The Kier molecular flexibility index (Phi) is 4.43. The number of fused-ring (bicyclic) bond motifs is 1. The molecule has 1 unspecified atom stereocenters. The highest BCUT2D eigenvalue weighted by Gasteiger charge is 2.39. The van der Waals surface area contributed by atoms with E-state index in [4.69, 9.17) is 9.72 Å². The molecule has 3 nitrogen and oxygen atoms in total. The predicted molar refractivity (Wildman–Crippen MR) is 83.2 cm³/mol. The zero-order chi connectivity index (χ0) is 14.0. The molecule has 20 heavy (non-hydrogen) atoms. The molecule has 1 fully saturated rings. The van der Waals surface area contributed by atoms with Gasteiger partial charge in [0.1, 0.15) is 10.6 Å².